The van der Waals surface area contributed by atoms with E-state index in [9.17, 15) is 0 Å². The van der Waals surface area contributed by atoms with Crippen molar-refractivity contribution in [2.45, 2.75) is 51.2 Å². The van der Waals surface area contributed by atoms with Crippen LogP contribution in [0.4, 0.5) is 0 Å². The van der Waals surface area contributed by atoms with Crippen molar-refractivity contribution in [3.05, 3.63) is 29.6 Å². The molecular weight excluding hydrogens is 238 g/mol. The minimum absolute atomic E-state index is 0.00681. The summed E-state index contributed by atoms with van der Waals surface area (Å²) in [6.45, 7) is 4.34. The fourth-order valence-electron chi connectivity index (χ4n) is 3.40. The lowest BCUT2D eigenvalue weighted by Crippen LogP contribution is -2.50. The Morgan fingerprint density at radius 3 is 2.89 bits per heavy atom. The highest BCUT2D eigenvalue weighted by Crippen LogP contribution is 2.42. The zero-order valence-electron chi connectivity index (χ0n) is 12.1. The van der Waals surface area contributed by atoms with Crippen LogP contribution in [0.1, 0.15) is 49.8 Å². The number of methoxy groups -OCH3 is 1. The van der Waals surface area contributed by atoms with E-state index in [1.165, 1.54) is 12.8 Å². The smallest absolute Gasteiger partial charge is 0.0888 e. The van der Waals surface area contributed by atoms with Crippen LogP contribution in [0.2, 0.25) is 0 Å². The molecule has 0 spiro atoms. The van der Waals surface area contributed by atoms with Gasteiger partial charge in [0.05, 0.1) is 11.6 Å². The van der Waals surface area contributed by atoms with Gasteiger partial charge in [0.1, 0.15) is 0 Å². The summed E-state index contributed by atoms with van der Waals surface area (Å²) in [5.74, 6) is 6.50. The maximum Gasteiger partial charge on any atom is 0.0888 e. The zero-order chi connectivity index (χ0) is 13.9. The van der Waals surface area contributed by atoms with Gasteiger partial charge >= 0.3 is 0 Å². The first-order chi connectivity index (χ1) is 9.11. The molecule has 106 valence electrons. The molecule has 0 aromatic carbocycles. The van der Waals surface area contributed by atoms with Gasteiger partial charge in [-0.1, -0.05) is 25.8 Å². The topological polar surface area (TPSA) is 60.2 Å². The van der Waals surface area contributed by atoms with E-state index in [-0.39, 0.29) is 11.6 Å². The lowest BCUT2D eigenvalue weighted by atomic mass is 9.73. The van der Waals surface area contributed by atoms with E-state index < -0.39 is 0 Å². The molecule has 1 aliphatic carbocycles. The first kappa shape index (κ1) is 14.4. The molecule has 1 fully saturated rings. The molecule has 3 atom stereocenters. The van der Waals surface area contributed by atoms with Gasteiger partial charge in [0, 0.05) is 19.5 Å². The molecule has 0 amide bonds. The van der Waals surface area contributed by atoms with Gasteiger partial charge < -0.3 is 4.74 Å². The average molecular weight is 263 g/mol. The van der Waals surface area contributed by atoms with Gasteiger partial charge in [-0.25, -0.2) is 0 Å². The van der Waals surface area contributed by atoms with Crippen molar-refractivity contribution in [3.8, 4) is 0 Å². The summed E-state index contributed by atoms with van der Waals surface area (Å²) in [4.78, 5) is 4.28. The molecule has 0 bridgehead atoms. The Labute approximate surface area is 115 Å². The number of nitrogens with zero attached hydrogens (tertiary/aromatic N) is 1. The predicted molar refractivity (Wildman–Crippen MR) is 76.4 cm³/mol. The van der Waals surface area contributed by atoms with Gasteiger partial charge in [0.2, 0.25) is 0 Å². The van der Waals surface area contributed by atoms with Crippen molar-refractivity contribution in [1.29, 1.82) is 0 Å². The molecule has 0 radical (unpaired) electrons. The quantitative estimate of drug-likeness (QED) is 0.647. The van der Waals surface area contributed by atoms with Crippen molar-refractivity contribution in [1.82, 2.24) is 10.4 Å². The molecule has 1 saturated carbocycles. The molecule has 2 rings (SSSR count). The van der Waals surface area contributed by atoms with E-state index in [2.05, 4.69) is 23.4 Å². The summed E-state index contributed by atoms with van der Waals surface area (Å²) in [6, 6.07) is 2.13. The number of aryl methyl sites for hydroxylation is 1. The van der Waals surface area contributed by atoms with Crippen LogP contribution in [-0.4, -0.2) is 17.7 Å². The number of rotatable bonds is 4. The minimum Gasteiger partial charge on any atom is -0.376 e. The zero-order valence-corrected chi connectivity index (χ0v) is 12.1. The van der Waals surface area contributed by atoms with Gasteiger partial charge in [0.15, 0.2) is 0 Å². The highest BCUT2D eigenvalue weighted by molar-refractivity contribution is 5.23. The van der Waals surface area contributed by atoms with Gasteiger partial charge in [-0.05, 0) is 36.8 Å². The Bertz CT molecular complexity index is 424. The summed E-state index contributed by atoms with van der Waals surface area (Å²) in [5.41, 5.74) is 5.00. The van der Waals surface area contributed by atoms with Crippen LogP contribution >= 0.6 is 0 Å². The summed E-state index contributed by atoms with van der Waals surface area (Å²) in [7, 11) is 1.80. The third-order valence-corrected chi connectivity index (χ3v) is 4.32. The maximum absolute atomic E-state index is 5.93. The predicted octanol–water partition coefficient (Wildman–Crippen LogP) is 2.49. The van der Waals surface area contributed by atoms with Crippen molar-refractivity contribution < 1.29 is 4.74 Å². The average Bonchev–Trinajstić information content (AvgIpc) is 2.39. The molecule has 4 heteroatoms. The van der Waals surface area contributed by atoms with Crippen molar-refractivity contribution in [3.63, 3.8) is 0 Å². The van der Waals surface area contributed by atoms with E-state index in [0.717, 1.165) is 24.0 Å². The van der Waals surface area contributed by atoms with E-state index in [1.807, 2.05) is 19.3 Å². The highest BCUT2D eigenvalue weighted by Gasteiger charge is 2.42. The number of aromatic nitrogens is 1. The van der Waals surface area contributed by atoms with Crippen molar-refractivity contribution >= 4 is 0 Å². The Balaban J connectivity index is 2.33. The van der Waals surface area contributed by atoms with Crippen LogP contribution < -0.4 is 11.3 Å². The largest absolute Gasteiger partial charge is 0.376 e. The maximum atomic E-state index is 5.93. The minimum atomic E-state index is -0.220. The number of nitrogens with two attached hydrogens (primary N) is 1. The molecule has 4 nitrogen and oxygen atoms in total. The number of nitrogens with one attached hydrogen (secondary N) is 1. The lowest BCUT2D eigenvalue weighted by Gasteiger charge is -2.44. The number of pyridine rings is 1. The van der Waals surface area contributed by atoms with Crippen LogP contribution in [0.25, 0.3) is 0 Å². The second-order valence-corrected chi connectivity index (χ2v) is 5.87. The molecule has 0 aliphatic heterocycles. The third kappa shape index (κ3) is 2.96. The molecule has 1 aromatic heterocycles. The second kappa shape index (κ2) is 5.99. The van der Waals surface area contributed by atoms with Gasteiger partial charge in [0.25, 0.3) is 0 Å². The third-order valence-electron chi connectivity index (χ3n) is 4.32. The van der Waals surface area contributed by atoms with Crippen LogP contribution in [0.15, 0.2) is 18.5 Å². The Hall–Kier alpha value is -0.970. The van der Waals surface area contributed by atoms with Gasteiger partial charge in [-0.15, -0.1) is 0 Å². The molecule has 19 heavy (non-hydrogen) atoms. The Kier molecular flexibility index (Phi) is 4.55. The van der Waals surface area contributed by atoms with Crippen molar-refractivity contribution in [2.75, 3.05) is 7.11 Å². The second-order valence-electron chi connectivity index (χ2n) is 5.87. The van der Waals surface area contributed by atoms with Crippen LogP contribution in [0, 0.1) is 12.8 Å². The molecule has 3 unspecified atom stereocenters. The Morgan fingerprint density at radius 1 is 1.53 bits per heavy atom. The summed E-state index contributed by atoms with van der Waals surface area (Å²) >= 11 is 0. The summed E-state index contributed by atoms with van der Waals surface area (Å²) < 4.78 is 5.93. The molecule has 1 aliphatic rings. The van der Waals surface area contributed by atoms with Gasteiger partial charge in [-0.2, -0.15) is 0 Å². The van der Waals surface area contributed by atoms with Crippen LogP contribution in [0.5, 0.6) is 0 Å². The monoisotopic (exact) mass is 263 g/mol. The van der Waals surface area contributed by atoms with E-state index in [4.69, 9.17) is 10.6 Å². The summed E-state index contributed by atoms with van der Waals surface area (Å²) in [6.07, 6.45) is 8.28. The number of hydrogen-bond acceptors (Lipinski definition) is 4. The molecule has 1 aromatic rings. The molecule has 3 N–H and O–H groups in total. The van der Waals surface area contributed by atoms with Crippen molar-refractivity contribution in [2.24, 2.45) is 11.8 Å². The SMILES string of the molecule is COC1(C(NN)c2cncc(C)c2)CCCC(C)C1. The van der Waals surface area contributed by atoms with E-state index in [0.29, 0.717) is 5.92 Å². The number of hydrazine groups is 1. The van der Waals surface area contributed by atoms with Crippen LogP contribution in [0.3, 0.4) is 0 Å². The first-order valence-corrected chi connectivity index (χ1v) is 7.04. The number of ether oxygens (including phenoxy) is 1. The van der Waals surface area contributed by atoms with Gasteiger partial charge in [-0.3, -0.25) is 16.3 Å². The van der Waals surface area contributed by atoms with E-state index in [1.54, 1.807) is 7.11 Å². The highest BCUT2D eigenvalue weighted by atomic mass is 16.5. The number of hydrogen-bond donors (Lipinski definition) is 2. The summed E-state index contributed by atoms with van der Waals surface area (Å²) in [5, 5.41) is 0. The van der Waals surface area contributed by atoms with Crippen LogP contribution in [-0.2, 0) is 4.74 Å². The fraction of sp³-hybridized carbons (Fsp3) is 0.667. The molecule has 1 heterocycles. The van der Waals surface area contributed by atoms with E-state index >= 15 is 0 Å². The molecular formula is C15H25N3O. The molecule has 0 saturated heterocycles. The standard InChI is InChI=1S/C15H25N3O/c1-11-5-4-6-15(8-11,19-3)14(18-16)13-7-12(2)9-17-10-13/h7,9-11,14,18H,4-6,8,16H2,1-3H3. The fourth-order valence-corrected chi connectivity index (χ4v) is 3.40. The lowest BCUT2D eigenvalue weighted by molar-refractivity contribution is -0.0807. The first-order valence-electron chi connectivity index (χ1n) is 7.04. The Morgan fingerprint density at radius 2 is 2.32 bits per heavy atom. The normalized spacial score (nSPS) is 29.2.